The molecule has 4 heteroatoms. The van der Waals surface area contributed by atoms with Gasteiger partial charge in [-0.2, -0.15) is 0 Å². The van der Waals surface area contributed by atoms with Crippen molar-refractivity contribution >= 4 is 15.9 Å². The van der Waals surface area contributed by atoms with Crippen molar-refractivity contribution in [1.82, 2.24) is 10.2 Å². The Morgan fingerprint density at radius 1 is 1.35 bits per heavy atom. The van der Waals surface area contributed by atoms with E-state index in [0.717, 1.165) is 45.1 Å². The van der Waals surface area contributed by atoms with Crippen LogP contribution in [0.1, 0.15) is 11.5 Å². The van der Waals surface area contributed by atoms with Gasteiger partial charge in [0.05, 0.1) is 6.61 Å². The maximum absolute atomic E-state index is 5.76. The normalized spacial score (nSPS) is 24.4. The molecule has 3 nitrogen and oxygen atoms in total. The van der Waals surface area contributed by atoms with E-state index in [-0.39, 0.29) is 0 Å². The number of fused-ring (bicyclic) bond motifs is 1. The van der Waals surface area contributed by atoms with Crippen LogP contribution in [-0.2, 0) is 0 Å². The van der Waals surface area contributed by atoms with E-state index >= 15 is 0 Å². The molecule has 1 fully saturated rings. The lowest BCUT2D eigenvalue weighted by molar-refractivity contribution is 0.211. The molecule has 0 spiro atoms. The van der Waals surface area contributed by atoms with Crippen molar-refractivity contribution in [3.63, 3.8) is 0 Å². The Morgan fingerprint density at radius 2 is 2.18 bits per heavy atom. The van der Waals surface area contributed by atoms with Gasteiger partial charge in [-0.05, 0) is 12.1 Å². The lowest BCUT2D eigenvalue weighted by Gasteiger charge is -2.29. The summed E-state index contributed by atoms with van der Waals surface area (Å²) in [4.78, 5) is 2.53. The monoisotopic (exact) mass is 296 g/mol. The largest absolute Gasteiger partial charge is 0.493 e. The molecule has 3 rings (SSSR count). The molecule has 1 aromatic rings. The molecule has 92 valence electrons. The molecule has 0 amide bonds. The predicted octanol–water partition coefficient (Wildman–Crippen LogP) is 1.83. The number of piperazine rings is 1. The molecular formula is C13H17BrN2O. The highest BCUT2D eigenvalue weighted by Crippen LogP contribution is 2.39. The average Bonchev–Trinajstić information content (AvgIpc) is 2.75. The molecule has 17 heavy (non-hydrogen) atoms. The first-order valence-corrected chi connectivity index (χ1v) is 6.98. The zero-order chi connectivity index (χ0) is 11.7. The summed E-state index contributed by atoms with van der Waals surface area (Å²) in [5.74, 6) is 1.57. The van der Waals surface area contributed by atoms with Crippen LogP contribution in [0.3, 0.4) is 0 Å². The summed E-state index contributed by atoms with van der Waals surface area (Å²) < 4.78 is 6.95. The third kappa shape index (κ3) is 2.34. The van der Waals surface area contributed by atoms with Crippen LogP contribution < -0.4 is 10.1 Å². The van der Waals surface area contributed by atoms with Crippen molar-refractivity contribution in [2.24, 2.45) is 0 Å². The first-order chi connectivity index (χ1) is 8.34. The smallest absolute Gasteiger partial charge is 0.124 e. The molecular weight excluding hydrogens is 280 g/mol. The summed E-state index contributed by atoms with van der Waals surface area (Å²) in [5.41, 5.74) is 1.35. The minimum absolute atomic E-state index is 0.513. The van der Waals surface area contributed by atoms with Crippen molar-refractivity contribution in [3.05, 3.63) is 28.2 Å². The van der Waals surface area contributed by atoms with Crippen molar-refractivity contribution in [3.8, 4) is 5.75 Å². The zero-order valence-electron chi connectivity index (χ0n) is 9.79. The lowest BCUT2D eigenvalue weighted by Crippen LogP contribution is -2.45. The number of nitrogens with one attached hydrogen (secondary N) is 1. The highest BCUT2D eigenvalue weighted by molar-refractivity contribution is 9.10. The van der Waals surface area contributed by atoms with Crippen LogP contribution in [0.2, 0.25) is 0 Å². The fourth-order valence-electron chi connectivity index (χ4n) is 2.66. The standard InChI is InChI=1S/C13H17BrN2O/c14-11-2-1-3-12-13(11)10(9-17-12)8-16-6-4-15-5-7-16/h1-3,10,15H,4-9H2. The molecule has 2 heterocycles. The minimum Gasteiger partial charge on any atom is -0.493 e. The van der Waals surface area contributed by atoms with Crippen LogP contribution in [-0.4, -0.2) is 44.2 Å². The second-order valence-electron chi connectivity index (χ2n) is 4.71. The van der Waals surface area contributed by atoms with Gasteiger partial charge in [0.1, 0.15) is 5.75 Å². The first-order valence-electron chi connectivity index (χ1n) is 6.19. The van der Waals surface area contributed by atoms with Gasteiger partial charge < -0.3 is 15.0 Å². The molecule has 0 saturated carbocycles. The van der Waals surface area contributed by atoms with Crippen LogP contribution in [0.15, 0.2) is 22.7 Å². The van der Waals surface area contributed by atoms with Gasteiger partial charge in [0.25, 0.3) is 0 Å². The maximum Gasteiger partial charge on any atom is 0.124 e. The minimum atomic E-state index is 0.513. The summed E-state index contributed by atoms with van der Waals surface area (Å²) >= 11 is 3.64. The Hall–Kier alpha value is -0.580. The number of halogens is 1. The molecule has 0 aliphatic carbocycles. The van der Waals surface area contributed by atoms with Crippen molar-refractivity contribution in [1.29, 1.82) is 0 Å². The van der Waals surface area contributed by atoms with E-state index in [4.69, 9.17) is 4.74 Å². The topological polar surface area (TPSA) is 24.5 Å². The molecule has 1 saturated heterocycles. The number of nitrogens with zero attached hydrogens (tertiary/aromatic N) is 1. The SMILES string of the molecule is Brc1cccc2c1C(CN1CCNCC1)CO2. The Morgan fingerprint density at radius 3 is 3.00 bits per heavy atom. The second-order valence-corrected chi connectivity index (χ2v) is 5.56. The quantitative estimate of drug-likeness (QED) is 0.901. The Kier molecular flexibility index (Phi) is 3.36. The zero-order valence-corrected chi connectivity index (χ0v) is 11.4. The Balaban J connectivity index is 1.74. The molecule has 0 bridgehead atoms. The van der Waals surface area contributed by atoms with Gasteiger partial charge in [0, 0.05) is 48.7 Å². The van der Waals surface area contributed by atoms with Crippen molar-refractivity contribution < 1.29 is 4.74 Å². The number of benzene rings is 1. The highest BCUT2D eigenvalue weighted by atomic mass is 79.9. The fourth-order valence-corrected chi connectivity index (χ4v) is 3.33. The van der Waals surface area contributed by atoms with E-state index in [1.165, 1.54) is 10.0 Å². The molecule has 1 aromatic carbocycles. The average molecular weight is 297 g/mol. The second kappa shape index (κ2) is 4.96. The Bertz CT molecular complexity index is 404. The van der Waals surface area contributed by atoms with Crippen LogP contribution in [0.25, 0.3) is 0 Å². The molecule has 0 aromatic heterocycles. The first kappa shape index (κ1) is 11.5. The third-order valence-electron chi connectivity index (χ3n) is 3.55. The number of rotatable bonds is 2. The van der Waals surface area contributed by atoms with Gasteiger partial charge in [-0.1, -0.05) is 22.0 Å². The van der Waals surface area contributed by atoms with E-state index in [0.29, 0.717) is 5.92 Å². The van der Waals surface area contributed by atoms with Crippen LogP contribution >= 0.6 is 15.9 Å². The van der Waals surface area contributed by atoms with Gasteiger partial charge in [-0.25, -0.2) is 0 Å². The third-order valence-corrected chi connectivity index (χ3v) is 4.24. The van der Waals surface area contributed by atoms with E-state index in [1.807, 2.05) is 6.07 Å². The van der Waals surface area contributed by atoms with E-state index < -0.39 is 0 Å². The summed E-state index contributed by atoms with van der Waals surface area (Å²) in [7, 11) is 0. The van der Waals surface area contributed by atoms with Gasteiger partial charge in [-0.3, -0.25) is 0 Å². The lowest BCUT2D eigenvalue weighted by atomic mass is 10.0. The van der Waals surface area contributed by atoms with Gasteiger partial charge in [0.2, 0.25) is 0 Å². The molecule has 1 atom stereocenters. The van der Waals surface area contributed by atoms with Crippen molar-refractivity contribution in [2.75, 3.05) is 39.3 Å². The van der Waals surface area contributed by atoms with Crippen molar-refractivity contribution in [2.45, 2.75) is 5.92 Å². The Labute approximate surface area is 110 Å². The van der Waals surface area contributed by atoms with Crippen LogP contribution in [0, 0.1) is 0 Å². The molecule has 2 aliphatic heterocycles. The molecule has 1 N–H and O–H groups in total. The number of hydrogen-bond acceptors (Lipinski definition) is 3. The van der Waals surface area contributed by atoms with Gasteiger partial charge in [-0.15, -0.1) is 0 Å². The fraction of sp³-hybridized carbons (Fsp3) is 0.538. The van der Waals surface area contributed by atoms with E-state index in [2.05, 4.69) is 38.3 Å². The van der Waals surface area contributed by atoms with Gasteiger partial charge >= 0.3 is 0 Å². The maximum atomic E-state index is 5.76. The molecule has 1 unspecified atom stereocenters. The van der Waals surface area contributed by atoms with E-state index in [1.54, 1.807) is 0 Å². The van der Waals surface area contributed by atoms with Gasteiger partial charge in [0.15, 0.2) is 0 Å². The molecule has 0 radical (unpaired) electrons. The molecule has 2 aliphatic rings. The number of hydrogen-bond donors (Lipinski definition) is 1. The van der Waals surface area contributed by atoms with Crippen LogP contribution in [0.4, 0.5) is 0 Å². The highest BCUT2D eigenvalue weighted by Gasteiger charge is 2.28. The van der Waals surface area contributed by atoms with E-state index in [9.17, 15) is 0 Å². The summed E-state index contributed by atoms with van der Waals surface area (Å²) in [6.07, 6.45) is 0. The number of ether oxygens (including phenoxy) is 1. The van der Waals surface area contributed by atoms with Crippen LogP contribution in [0.5, 0.6) is 5.75 Å². The summed E-state index contributed by atoms with van der Waals surface area (Å²) in [6.45, 7) is 6.44. The predicted molar refractivity (Wildman–Crippen MR) is 71.7 cm³/mol. The summed E-state index contributed by atoms with van der Waals surface area (Å²) in [6, 6.07) is 6.21. The summed E-state index contributed by atoms with van der Waals surface area (Å²) in [5, 5.41) is 3.39.